The van der Waals surface area contributed by atoms with Gasteiger partial charge in [-0.3, -0.25) is 4.79 Å². The molecule has 0 radical (unpaired) electrons. The number of nitrogens with zero attached hydrogens (tertiary/aromatic N) is 4. The number of rotatable bonds is 6. The minimum atomic E-state index is -0.171. The second-order valence-electron chi connectivity index (χ2n) is 6.04. The van der Waals surface area contributed by atoms with Gasteiger partial charge in [-0.15, -0.1) is 5.10 Å². The van der Waals surface area contributed by atoms with Gasteiger partial charge in [-0.2, -0.15) is 4.68 Å². The molecule has 2 aromatic carbocycles. The summed E-state index contributed by atoms with van der Waals surface area (Å²) in [6, 6.07) is 12.6. The normalized spacial score (nSPS) is 13.4. The largest absolute Gasteiger partial charge is 0.454 e. The van der Waals surface area contributed by atoms with Crippen molar-refractivity contribution >= 4 is 29.3 Å². The van der Waals surface area contributed by atoms with E-state index in [0.717, 1.165) is 11.3 Å². The van der Waals surface area contributed by atoms with E-state index in [0.29, 0.717) is 21.7 Å². The lowest BCUT2D eigenvalue weighted by Gasteiger charge is -2.14. The molecule has 0 spiro atoms. The summed E-state index contributed by atoms with van der Waals surface area (Å²) < 4.78 is 12.3. The summed E-state index contributed by atoms with van der Waals surface area (Å²) in [5.41, 5.74) is 1.71. The number of halogens is 1. The molecule has 1 aromatic heterocycles. The molecule has 8 nitrogen and oxygen atoms in total. The Labute approximate surface area is 170 Å². The maximum Gasteiger partial charge on any atom is 0.231 e. The predicted molar refractivity (Wildman–Crippen MR) is 104 cm³/mol. The molecule has 1 aliphatic heterocycles. The molecule has 28 heavy (non-hydrogen) atoms. The number of fused-ring (bicyclic) bond motifs is 1. The molecule has 2 heterocycles. The molecule has 1 amide bonds. The Balaban J connectivity index is 1.36. The minimum absolute atomic E-state index is 0.124. The Bertz CT molecular complexity index is 995. The standard InChI is InChI=1S/C18H16ClN5O3S/c1-11(12-2-7-15-16(8-12)27-10-26-15)20-17(25)9-28-18-21-22-23-24(18)14-5-3-13(19)4-6-14/h2-8,11H,9-10H2,1H3,(H,20,25). The number of hydrogen-bond acceptors (Lipinski definition) is 7. The Hall–Kier alpha value is -2.78. The summed E-state index contributed by atoms with van der Waals surface area (Å²) in [7, 11) is 0. The first kappa shape index (κ1) is 18.6. The van der Waals surface area contributed by atoms with Crippen LogP contribution < -0.4 is 14.8 Å². The molecule has 3 aromatic rings. The molecule has 0 saturated heterocycles. The molecule has 1 unspecified atom stereocenters. The van der Waals surface area contributed by atoms with Gasteiger partial charge in [-0.1, -0.05) is 29.4 Å². The summed E-state index contributed by atoms with van der Waals surface area (Å²) in [5.74, 6) is 1.46. The van der Waals surface area contributed by atoms with Crippen molar-refractivity contribution in [3.8, 4) is 17.2 Å². The van der Waals surface area contributed by atoms with Crippen LogP contribution in [-0.4, -0.2) is 38.7 Å². The van der Waals surface area contributed by atoms with Gasteiger partial charge in [0.2, 0.25) is 17.9 Å². The van der Waals surface area contributed by atoms with Crippen molar-refractivity contribution in [2.24, 2.45) is 0 Å². The van der Waals surface area contributed by atoms with Crippen LogP contribution in [0.25, 0.3) is 5.69 Å². The van der Waals surface area contributed by atoms with Gasteiger partial charge < -0.3 is 14.8 Å². The van der Waals surface area contributed by atoms with E-state index in [1.807, 2.05) is 37.3 Å². The van der Waals surface area contributed by atoms with Crippen LogP contribution in [0.15, 0.2) is 47.6 Å². The highest BCUT2D eigenvalue weighted by molar-refractivity contribution is 7.99. The maximum absolute atomic E-state index is 12.4. The number of carbonyl (C=O) groups excluding carboxylic acids is 1. The Morgan fingerprint density at radius 1 is 1.25 bits per heavy atom. The van der Waals surface area contributed by atoms with Gasteiger partial charge in [-0.05, 0) is 59.3 Å². The number of aromatic nitrogens is 4. The molecule has 0 fully saturated rings. The van der Waals surface area contributed by atoms with E-state index in [1.165, 1.54) is 11.8 Å². The van der Waals surface area contributed by atoms with Crippen LogP contribution >= 0.6 is 23.4 Å². The first-order valence-corrected chi connectivity index (χ1v) is 9.82. The van der Waals surface area contributed by atoms with E-state index in [4.69, 9.17) is 21.1 Å². The average Bonchev–Trinajstić information content (AvgIpc) is 3.35. The number of ether oxygens (including phenoxy) is 2. The van der Waals surface area contributed by atoms with E-state index in [1.54, 1.807) is 16.8 Å². The molecule has 0 bridgehead atoms. The average molecular weight is 418 g/mol. The first-order chi connectivity index (χ1) is 13.6. The fourth-order valence-electron chi connectivity index (χ4n) is 2.69. The highest BCUT2D eigenvalue weighted by atomic mass is 35.5. The SMILES string of the molecule is CC(NC(=O)CSc1nnnn1-c1ccc(Cl)cc1)c1ccc2c(c1)OCO2. The molecule has 0 aliphatic carbocycles. The summed E-state index contributed by atoms with van der Waals surface area (Å²) in [5, 5.41) is 15.8. The number of carbonyl (C=O) groups is 1. The van der Waals surface area contributed by atoms with Crippen LogP contribution in [0, 0.1) is 0 Å². The zero-order valence-corrected chi connectivity index (χ0v) is 16.4. The number of hydrogen-bond donors (Lipinski definition) is 1. The van der Waals surface area contributed by atoms with Crippen LogP contribution in [0.3, 0.4) is 0 Å². The molecule has 144 valence electrons. The first-order valence-electron chi connectivity index (χ1n) is 8.46. The monoisotopic (exact) mass is 417 g/mol. The van der Waals surface area contributed by atoms with Gasteiger partial charge in [0.15, 0.2) is 11.5 Å². The zero-order chi connectivity index (χ0) is 19.5. The molecule has 1 N–H and O–H groups in total. The summed E-state index contributed by atoms with van der Waals surface area (Å²) in [4.78, 5) is 12.4. The molecule has 1 aliphatic rings. The van der Waals surface area contributed by atoms with Crippen molar-refractivity contribution in [3.63, 3.8) is 0 Å². The second kappa shape index (κ2) is 8.07. The van der Waals surface area contributed by atoms with Gasteiger partial charge in [0.1, 0.15) is 0 Å². The van der Waals surface area contributed by atoms with E-state index < -0.39 is 0 Å². The van der Waals surface area contributed by atoms with Crippen LogP contribution in [-0.2, 0) is 4.79 Å². The lowest BCUT2D eigenvalue weighted by molar-refractivity contribution is -0.119. The van der Waals surface area contributed by atoms with E-state index in [-0.39, 0.29) is 24.5 Å². The maximum atomic E-state index is 12.4. The number of tetrazole rings is 1. The molecular formula is C18H16ClN5O3S. The summed E-state index contributed by atoms with van der Waals surface area (Å²) >= 11 is 7.17. The number of benzene rings is 2. The molecular weight excluding hydrogens is 402 g/mol. The quantitative estimate of drug-likeness (QED) is 0.616. The third kappa shape index (κ3) is 4.05. The third-order valence-electron chi connectivity index (χ3n) is 4.12. The van der Waals surface area contributed by atoms with Gasteiger partial charge in [-0.25, -0.2) is 0 Å². The topological polar surface area (TPSA) is 91.2 Å². The van der Waals surface area contributed by atoms with Gasteiger partial charge in [0.05, 0.1) is 17.5 Å². The predicted octanol–water partition coefficient (Wildman–Crippen LogP) is 3.01. The van der Waals surface area contributed by atoms with Crippen LogP contribution in [0.5, 0.6) is 11.5 Å². The van der Waals surface area contributed by atoms with Crippen molar-refractivity contribution in [1.29, 1.82) is 0 Å². The van der Waals surface area contributed by atoms with Gasteiger partial charge in [0, 0.05) is 5.02 Å². The highest BCUT2D eigenvalue weighted by Gasteiger charge is 2.18. The second-order valence-corrected chi connectivity index (χ2v) is 7.42. The third-order valence-corrected chi connectivity index (χ3v) is 5.29. The Kier molecular flexibility index (Phi) is 5.36. The van der Waals surface area contributed by atoms with E-state index >= 15 is 0 Å². The van der Waals surface area contributed by atoms with E-state index in [9.17, 15) is 4.79 Å². The molecule has 1 atom stereocenters. The van der Waals surface area contributed by atoms with Crippen molar-refractivity contribution < 1.29 is 14.3 Å². The smallest absolute Gasteiger partial charge is 0.231 e. The number of thioether (sulfide) groups is 1. The fraction of sp³-hybridized carbons (Fsp3) is 0.222. The summed E-state index contributed by atoms with van der Waals surface area (Å²) in [6.45, 7) is 2.14. The van der Waals surface area contributed by atoms with Gasteiger partial charge in [0.25, 0.3) is 0 Å². The fourth-order valence-corrected chi connectivity index (χ4v) is 3.52. The van der Waals surface area contributed by atoms with Crippen molar-refractivity contribution in [1.82, 2.24) is 25.5 Å². The number of nitrogens with one attached hydrogen (secondary N) is 1. The van der Waals surface area contributed by atoms with Crippen LogP contribution in [0.4, 0.5) is 0 Å². The van der Waals surface area contributed by atoms with Crippen LogP contribution in [0.2, 0.25) is 5.02 Å². The Morgan fingerprint density at radius 3 is 2.86 bits per heavy atom. The minimum Gasteiger partial charge on any atom is -0.454 e. The number of amides is 1. The molecule has 0 saturated carbocycles. The molecule has 10 heteroatoms. The lowest BCUT2D eigenvalue weighted by atomic mass is 10.1. The highest BCUT2D eigenvalue weighted by Crippen LogP contribution is 2.34. The Morgan fingerprint density at radius 2 is 2.04 bits per heavy atom. The zero-order valence-electron chi connectivity index (χ0n) is 14.8. The summed E-state index contributed by atoms with van der Waals surface area (Å²) in [6.07, 6.45) is 0. The van der Waals surface area contributed by atoms with Crippen molar-refractivity contribution in [2.45, 2.75) is 18.1 Å². The lowest BCUT2D eigenvalue weighted by Crippen LogP contribution is -2.28. The van der Waals surface area contributed by atoms with Crippen molar-refractivity contribution in [3.05, 3.63) is 53.1 Å². The molecule has 4 rings (SSSR count). The van der Waals surface area contributed by atoms with Crippen molar-refractivity contribution in [2.75, 3.05) is 12.5 Å². The van der Waals surface area contributed by atoms with Gasteiger partial charge >= 0.3 is 0 Å². The van der Waals surface area contributed by atoms with Crippen LogP contribution in [0.1, 0.15) is 18.5 Å². The van der Waals surface area contributed by atoms with E-state index in [2.05, 4.69) is 20.8 Å².